The summed E-state index contributed by atoms with van der Waals surface area (Å²) in [6, 6.07) is 5.65. The van der Waals surface area contributed by atoms with Gasteiger partial charge in [0.2, 0.25) is 0 Å². The molecule has 0 aliphatic carbocycles. The molecule has 1 N–H and O–H groups in total. The first-order valence-corrected chi connectivity index (χ1v) is 8.49. The van der Waals surface area contributed by atoms with Crippen molar-refractivity contribution in [1.82, 2.24) is 24.9 Å². The summed E-state index contributed by atoms with van der Waals surface area (Å²) in [6.07, 6.45) is 12.3. The molecule has 0 aromatic carbocycles. The fraction of sp³-hybridized carbons (Fsp3) is 0.111. The second-order valence-electron chi connectivity index (χ2n) is 5.89. The number of halogens is 1. The largest absolute Gasteiger partial charge is 0.376 e. The molecule has 0 bridgehead atoms. The number of dihydropyridines is 1. The molecule has 3 aromatic heterocycles. The number of pyridine rings is 1. The van der Waals surface area contributed by atoms with Crippen LogP contribution in [0.5, 0.6) is 0 Å². The van der Waals surface area contributed by atoms with Crippen LogP contribution in [0.2, 0.25) is 0 Å². The molecule has 7 heteroatoms. The Labute approximate surface area is 152 Å². The van der Waals surface area contributed by atoms with Crippen molar-refractivity contribution >= 4 is 27.4 Å². The van der Waals surface area contributed by atoms with E-state index in [0.717, 1.165) is 15.9 Å². The Morgan fingerprint density at radius 2 is 2.08 bits per heavy atom. The number of ketones is 1. The Morgan fingerprint density at radius 3 is 2.84 bits per heavy atom. The second kappa shape index (κ2) is 5.93. The highest BCUT2D eigenvalue weighted by Crippen LogP contribution is 2.25. The molecule has 6 nitrogen and oxygen atoms in total. The molecule has 0 saturated heterocycles. The minimum absolute atomic E-state index is 0.0799. The summed E-state index contributed by atoms with van der Waals surface area (Å²) in [5.41, 5.74) is 1.97. The predicted molar refractivity (Wildman–Crippen MR) is 98.1 cm³/mol. The summed E-state index contributed by atoms with van der Waals surface area (Å²) < 4.78 is 2.41. The number of rotatable bonds is 3. The van der Waals surface area contributed by atoms with Crippen molar-refractivity contribution in [1.29, 1.82) is 0 Å². The number of carbonyl (C=O) groups excluding carboxylic acids is 1. The van der Waals surface area contributed by atoms with Gasteiger partial charge in [0.15, 0.2) is 11.4 Å². The van der Waals surface area contributed by atoms with Crippen LogP contribution in [-0.4, -0.2) is 30.9 Å². The number of nitrogens with zero attached hydrogens (tertiary/aromatic N) is 4. The summed E-state index contributed by atoms with van der Waals surface area (Å²) in [5, 5.41) is 7.51. The van der Waals surface area contributed by atoms with Crippen LogP contribution in [0.3, 0.4) is 0 Å². The SMILES string of the molecule is CC1(C(=O)c2cnn3c(-c4ccnc(Br)c4)ccnc23)C=CC=CN1. The molecule has 3 aromatic rings. The van der Waals surface area contributed by atoms with Crippen LogP contribution in [-0.2, 0) is 0 Å². The van der Waals surface area contributed by atoms with Crippen molar-refractivity contribution in [3.05, 3.63) is 71.4 Å². The third-order valence-electron chi connectivity index (χ3n) is 4.16. The minimum atomic E-state index is -0.810. The molecule has 124 valence electrons. The van der Waals surface area contributed by atoms with Gasteiger partial charge >= 0.3 is 0 Å². The maximum atomic E-state index is 13.0. The van der Waals surface area contributed by atoms with E-state index in [2.05, 4.69) is 36.3 Å². The summed E-state index contributed by atoms with van der Waals surface area (Å²) in [7, 11) is 0. The average Bonchev–Trinajstić information content (AvgIpc) is 3.05. The number of nitrogens with one attached hydrogen (secondary N) is 1. The number of aromatic nitrogens is 4. The number of carbonyl (C=O) groups is 1. The van der Waals surface area contributed by atoms with Gasteiger partial charge in [0.1, 0.15) is 10.1 Å². The zero-order valence-electron chi connectivity index (χ0n) is 13.3. The normalized spacial score (nSPS) is 19.1. The molecular weight excluding hydrogens is 382 g/mol. The maximum absolute atomic E-state index is 13.0. The molecule has 4 heterocycles. The van der Waals surface area contributed by atoms with Gasteiger partial charge in [-0.05, 0) is 53.3 Å². The Bertz CT molecular complexity index is 1040. The smallest absolute Gasteiger partial charge is 0.197 e. The van der Waals surface area contributed by atoms with E-state index in [0.29, 0.717) is 11.2 Å². The lowest BCUT2D eigenvalue weighted by molar-refractivity contribution is 0.0915. The predicted octanol–water partition coefficient (Wildman–Crippen LogP) is 3.17. The lowest BCUT2D eigenvalue weighted by atomic mass is 9.91. The molecule has 1 aliphatic rings. The van der Waals surface area contributed by atoms with Gasteiger partial charge < -0.3 is 5.32 Å². The zero-order valence-corrected chi connectivity index (χ0v) is 14.9. The number of Topliss-reactive ketones (excluding diaryl/α,β-unsaturated/α-hetero) is 1. The lowest BCUT2D eigenvalue weighted by Gasteiger charge is -2.26. The van der Waals surface area contributed by atoms with Gasteiger partial charge in [0, 0.05) is 18.0 Å². The molecule has 1 unspecified atom stereocenters. The van der Waals surface area contributed by atoms with E-state index in [9.17, 15) is 4.79 Å². The van der Waals surface area contributed by atoms with E-state index in [1.807, 2.05) is 43.4 Å². The number of allylic oxidation sites excluding steroid dienone is 2. The third kappa shape index (κ3) is 2.66. The quantitative estimate of drug-likeness (QED) is 0.544. The number of hydrogen-bond acceptors (Lipinski definition) is 5. The van der Waals surface area contributed by atoms with Crippen molar-refractivity contribution in [2.24, 2.45) is 0 Å². The average molecular weight is 396 g/mol. The van der Waals surface area contributed by atoms with Crippen molar-refractivity contribution < 1.29 is 4.79 Å². The van der Waals surface area contributed by atoms with Crippen molar-refractivity contribution in [2.75, 3.05) is 0 Å². The molecule has 0 fully saturated rings. The first kappa shape index (κ1) is 15.7. The molecule has 1 aliphatic heterocycles. The lowest BCUT2D eigenvalue weighted by Crippen LogP contribution is -2.46. The fourth-order valence-corrected chi connectivity index (χ4v) is 3.19. The van der Waals surface area contributed by atoms with Gasteiger partial charge in [0.25, 0.3) is 0 Å². The molecule has 0 saturated carbocycles. The Hall–Kier alpha value is -2.80. The van der Waals surface area contributed by atoms with Gasteiger partial charge in [-0.15, -0.1) is 0 Å². The molecular formula is C18H14BrN5O. The van der Waals surface area contributed by atoms with Crippen molar-refractivity contribution in [3.63, 3.8) is 0 Å². The summed E-state index contributed by atoms with van der Waals surface area (Å²) in [4.78, 5) is 21.6. The van der Waals surface area contributed by atoms with Gasteiger partial charge in [0.05, 0.1) is 17.5 Å². The van der Waals surface area contributed by atoms with Crippen LogP contribution >= 0.6 is 15.9 Å². The molecule has 0 amide bonds. The first-order valence-electron chi connectivity index (χ1n) is 7.70. The highest BCUT2D eigenvalue weighted by molar-refractivity contribution is 9.10. The molecule has 4 rings (SSSR count). The Morgan fingerprint density at radius 1 is 1.24 bits per heavy atom. The zero-order chi connectivity index (χ0) is 17.4. The van der Waals surface area contributed by atoms with Crippen LogP contribution in [0, 0.1) is 0 Å². The van der Waals surface area contributed by atoms with E-state index >= 15 is 0 Å². The van der Waals surface area contributed by atoms with Crippen LogP contribution in [0.4, 0.5) is 0 Å². The van der Waals surface area contributed by atoms with E-state index < -0.39 is 5.54 Å². The summed E-state index contributed by atoms with van der Waals surface area (Å²) in [5.74, 6) is -0.0799. The van der Waals surface area contributed by atoms with Crippen molar-refractivity contribution in [2.45, 2.75) is 12.5 Å². The topological polar surface area (TPSA) is 72.2 Å². The van der Waals surface area contributed by atoms with Crippen LogP contribution < -0.4 is 5.32 Å². The van der Waals surface area contributed by atoms with Crippen LogP contribution in [0.15, 0.2) is 65.8 Å². The van der Waals surface area contributed by atoms with E-state index in [1.54, 1.807) is 29.3 Å². The highest BCUT2D eigenvalue weighted by atomic mass is 79.9. The maximum Gasteiger partial charge on any atom is 0.197 e. The van der Waals surface area contributed by atoms with E-state index in [-0.39, 0.29) is 5.78 Å². The van der Waals surface area contributed by atoms with E-state index in [1.165, 1.54) is 0 Å². The van der Waals surface area contributed by atoms with Crippen LogP contribution in [0.1, 0.15) is 17.3 Å². The van der Waals surface area contributed by atoms with Gasteiger partial charge in [-0.3, -0.25) is 4.79 Å². The molecule has 0 spiro atoms. The summed E-state index contributed by atoms with van der Waals surface area (Å²) in [6.45, 7) is 1.84. The Kier molecular flexibility index (Phi) is 3.73. The van der Waals surface area contributed by atoms with E-state index in [4.69, 9.17) is 0 Å². The third-order valence-corrected chi connectivity index (χ3v) is 4.59. The fourth-order valence-electron chi connectivity index (χ4n) is 2.83. The van der Waals surface area contributed by atoms with Gasteiger partial charge in [-0.25, -0.2) is 14.5 Å². The van der Waals surface area contributed by atoms with Gasteiger partial charge in [-0.2, -0.15) is 5.10 Å². The summed E-state index contributed by atoms with van der Waals surface area (Å²) >= 11 is 3.38. The van der Waals surface area contributed by atoms with Crippen LogP contribution in [0.25, 0.3) is 16.9 Å². The first-order chi connectivity index (χ1) is 12.1. The number of fused-ring (bicyclic) bond motifs is 1. The Balaban J connectivity index is 1.83. The monoisotopic (exact) mass is 395 g/mol. The molecule has 25 heavy (non-hydrogen) atoms. The molecule has 0 radical (unpaired) electrons. The number of hydrogen-bond donors (Lipinski definition) is 1. The minimum Gasteiger partial charge on any atom is -0.376 e. The second-order valence-corrected chi connectivity index (χ2v) is 6.70. The molecule has 1 atom stereocenters. The van der Waals surface area contributed by atoms with Gasteiger partial charge in [-0.1, -0.05) is 12.2 Å². The van der Waals surface area contributed by atoms with Crippen molar-refractivity contribution in [3.8, 4) is 11.3 Å². The standard InChI is InChI=1S/C18H14BrN5O/c1-18(6-2-3-7-22-18)16(25)13-11-23-24-14(5-9-21-17(13)24)12-4-8-20-15(19)10-12/h2-11,22H,1H3. The highest BCUT2D eigenvalue weighted by Gasteiger charge is 2.33.